The maximum Gasteiger partial charge on any atom is 0.167 e. The molecule has 0 aromatic heterocycles. The number of allylic oxidation sites excluding steroid dienone is 1. The fraction of sp³-hybridized carbons (Fsp3) is 0.111. The fourth-order valence-electron chi connectivity index (χ4n) is 1.93. The summed E-state index contributed by atoms with van der Waals surface area (Å²) < 4.78 is 5.08. The lowest BCUT2D eigenvalue weighted by Gasteiger charge is -2.02. The van der Waals surface area contributed by atoms with Crippen molar-refractivity contribution in [3.63, 3.8) is 0 Å². The van der Waals surface area contributed by atoms with Gasteiger partial charge >= 0.3 is 0 Å². The molecule has 2 rings (SSSR count). The molecule has 0 amide bonds. The van der Waals surface area contributed by atoms with Gasteiger partial charge in [0.05, 0.1) is 13.2 Å². The summed E-state index contributed by atoms with van der Waals surface area (Å²) in [5.41, 5.74) is 1.80. The van der Waals surface area contributed by atoms with Crippen molar-refractivity contribution in [1.29, 1.82) is 5.26 Å². The first kappa shape index (κ1) is 15.8. The third kappa shape index (κ3) is 4.21. The molecule has 3 nitrogen and oxygen atoms in total. The number of hydrogen-bond donors (Lipinski definition) is 0. The first-order valence-electron chi connectivity index (χ1n) is 6.66. The maximum atomic E-state index is 12.2. The van der Waals surface area contributed by atoms with Crippen LogP contribution in [0.25, 0.3) is 6.08 Å². The molecule has 0 radical (unpaired) electrons. The number of Topliss-reactive ketones (excluding diaryl/α,β-unsaturated/α-hetero) is 1. The molecule has 0 atom stereocenters. The predicted octanol–water partition coefficient (Wildman–Crippen LogP) is 4.53. The first-order valence-corrected chi connectivity index (χ1v) is 7.03. The Kier molecular flexibility index (Phi) is 5.35. The number of carbonyl (C=O) groups is 1. The summed E-state index contributed by atoms with van der Waals surface area (Å²) in [6.45, 7) is 0. The lowest BCUT2D eigenvalue weighted by Crippen LogP contribution is -2.00. The van der Waals surface area contributed by atoms with Crippen LogP contribution in [0.15, 0.2) is 54.1 Å². The number of ketones is 1. The highest BCUT2D eigenvalue weighted by Crippen LogP contribution is 2.17. The van der Waals surface area contributed by atoms with E-state index in [2.05, 4.69) is 6.07 Å². The summed E-state index contributed by atoms with van der Waals surface area (Å²) in [5, 5.41) is 9.79. The number of nitrogens with zero attached hydrogens (tertiary/aromatic N) is 1. The van der Waals surface area contributed by atoms with E-state index in [1.807, 2.05) is 24.3 Å². The van der Waals surface area contributed by atoms with E-state index in [1.165, 1.54) is 0 Å². The minimum absolute atomic E-state index is 0.0597. The molecule has 0 aliphatic heterocycles. The summed E-state index contributed by atoms with van der Waals surface area (Å²) in [4.78, 5) is 12.2. The lowest BCUT2D eigenvalue weighted by molar-refractivity contribution is 0.0994. The van der Waals surface area contributed by atoms with E-state index >= 15 is 0 Å². The van der Waals surface area contributed by atoms with Gasteiger partial charge in [0.2, 0.25) is 0 Å². The largest absolute Gasteiger partial charge is 0.497 e. The Balaban J connectivity index is 2.14. The molecule has 110 valence electrons. The second-order valence-corrected chi connectivity index (χ2v) is 5.10. The third-order valence-corrected chi connectivity index (χ3v) is 3.37. The zero-order valence-electron chi connectivity index (χ0n) is 12.0. The molecule has 2 aromatic carbocycles. The number of hydrogen-bond acceptors (Lipinski definition) is 3. The van der Waals surface area contributed by atoms with Crippen LogP contribution < -0.4 is 4.74 Å². The monoisotopic (exact) mass is 311 g/mol. The summed E-state index contributed by atoms with van der Waals surface area (Å²) >= 11 is 5.80. The van der Waals surface area contributed by atoms with Crippen LogP contribution in [-0.4, -0.2) is 12.9 Å². The van der Waals surface area contributed by atoms with Crippen LogP contribution in [0.4, 0.5) is 0 Å². The molecule has 0 bridgehead atoms. The van der Waals surface area contributed by atoms with Crippen LogP contribution in [0, 0.1) is 11.3 Å². The quantitative estimate of drug-likeness (QED) is 0.602. The van der Waals surface area contributed by atoms with Gasteiger partial charge < -0.3 is 4.74 Å². The number of carbonyl (C=O) groups excluding carboxylic acids is 1. The van der Waals surface area contributed by atoms with Gasteiger partial charge in [-0.3, -0.25) is 4.79 Å². The van der Waals surface area contributed by atoms with Gasteiger partial charge in [0, 0.05) is 22.6 Å². The molecular weight excluding hydrogens is 298 g/mol. The van der Waals surface area contributed by atoms with Gasteiger partial charge in [-0.1, -0.05) is 23.7 Å². The zero-order valence-corrected chi connectivity index (χ0v) is 12.8. The topological polar surface area (TPSA) is 50.1 Å². The Morgan fingerprint density at radius 3 is 2.36 bits per heavy atom. The van der Waals surface area contributed by atoms with E-state index in [4.69, 9.17) is 16.3 Å². The van der Waals surface area contributed by atoms with Gasteiger partial charge in [0.1, 0.15) is 5.75 Å². The van der Waals surface area contributed by atoms with Gasteiger partial charge in [0.15, 0.2) is 5.78 Å². The number of rotatable bonds is 5. The molecule has 4 heteroatoms. The van der Waals surface area contributed by atoms with Crippen molar-refractivity contribution in [3.8, 4) is 11.8 Å². The summed E-state index contributed by atoms with van der Waals surface area (Å²) in [7, 11) is 1.59. The third-order valence-electron chi connectivity index (χ3n) is 3.12. The average molecular weight is 312 g/mol. The van der Waals surface area contributed by atoms with Gasteiger partial charge in [-0.05, 0) is 48.0 Å². The van der Waals surface area contributed by atoms with Crippen molar-refractivity contribution in [2.24, 2.45) is 0 Å². The van der Waals surface area contributed by atoms with Crippen molar-refractivity contribution in [3.05, 3.63) is 70.3 Å². The summed E-state index contributed by atoms with van der Waals surface area (Å²) in [6, 6.07) is 16.0. The number of ether oxygens (including phenoxy) is 1. The van der Waals surface area contributed by atoms with E-state index in [9.17, 15) is 10.1 Å². The van der Waals surface area contributed by atoms with Crippen molar-refractivity contribution in [2.75, 3.05) is 7.11 Å². The van der Waals surface area contributed by atoms with Crippen LogP contribution in [0.5, 0.6) is 5.75 Å². The Morgan fingerprint density at radius 2 is 1.82 bits per heavy atom. The molecule has 0 N–H and O–H groups in total. The minimum Gasteiger partial charge on any atom is -0.497 e. The molecule has 0 fully saturated rings. The standard InChI is InChI=1S/C18H14ClNO2/c1-22-17-8-2-13(3-9-17)10-14(12-20)11-18(21)15-4-6-16(19)7-5-15/h2-10H,11H2,1H3. The highest BCUT2D eigenvalue weighted by atomic mass is 35.5. The SMILES string of the molecule is COc1ccc(C=C(C#N)CC(=O)c2ccc(Cl)cc2)cc1. The molecule has 22 heavy (non-hydrogen) atoms. The van der Waals surface area contributed by atoms with E-state index in [0.29, 0.717) is 16.2 Å². The minimum atomic E-state index is -0.113. The van der Waals surface area contributed by atoms with Crippen LogP contribution in [0.3, 0.4) is 0 Å². The number of benzene rings is 2. The Bertz CT molecular complexity index is 725. The van der Waals surface area contributed by atoms with Crippen LogP contribution in [-0.2, 0) is 0 Å². The first-order chi connectivity index (χ1) is 10.6. The van der Waals surface area contributed by atoms with Crippen LogP contribution in [0.2, 0.25) is 5.02 Å². The highest BCUT2D eigenvalue weighted by Gasteiger charge is 2.09. The van der Waals surface area contributed by atoms with E-state index < -0.39 is 0 Å². The van der Waals surface area contributed by atoms with Crippen molar-refractivity contribution >= 4 is 23.5 Å². The molecule has 0 saturated heterocycles. The lowest BCUT2D eigenvalue weighted by atomic mass is 10.0. The van der Waals surface area contributed by atoms with Crippen LogP contribution in [0.1, 0.15) is 22.3 Å². The molecule has 2 aromatic rings. The summed E-state index contributed by atoms with van der Waals surface area (Å²) in [6.07, 6.45) is 1.76. The van der Waals surface area contributed by atoms with Gasteiger partial charge in [-0.2, -0.15) is 5.26 Å². The summed E-state index contributed by atoms with van der Waals surface area (Å²) in [5.74, 6) is 0.630. The highest BCUT2D eigenvalue weighted by molar-refractivity contribution is 6.30. The fourth-order valence-corrected chi connectivity index (χ4v) is 2.06. The average Bonchev–Trinajstić information content (AvgIpc) is 2.55. The predicted molar refractivity (Wildman–Crippen MR) is 87.0 cm³/mol. The molecule has 0 unspecified atom stereocenters. The normalized spacial score (nSPS) is 10.9. The molecular formula is C18H14ClNO2. The van der Waals surface area contributed by atoms with E-state index in [0.717, 1.165) is 11.3 Å². The van der Waals surface area contributed by atoms with Crippen LogP contribution >= 0.6 is 11.6 Å². The maximum absolute atomic E-state index is 12.2. The zero-order chi connectivity index (χ0) is 15.9. The van der Waals surface area contributed by atoms with Crippen molar-refractivity contribution in [1.82, 2.24) is 0 Å². The second-order valence-electron chi connectivity index (χ2n) is 4.66. The number of nitriles is 1. The Labute approximate surface area is 134 Å². The second kappa shape index (κ2) is 7.44. The van der Waals surface area contributed by atoms with Gasteiger partial charge in [0.25, 0.3) is 0 Å². The molecule has 0 saturated carbocycles. The molecule has 0 spiro atoms. The van der Waals surface area contributed by atoms with Gasteiger partial charge in [-0.25, -0.2) is 0 Å². The number of methoxy groups -OCH3 is 1. The Morgan fingerprint density at radius 1 is 1.18 bits per heavy atom. The number of halogens is 1. The molecule has 0 aliphatic carbocycles. The van der Waals surface area contributed by atoms with Crippen molar-refractivity contribution < 1.29 is 9.53 Å². The van der Waals surface area contributed by atoms with Crippen molar-refractivity contribution in [2.45, 2.75) is 6.42 Å². The van der Waals surface area contributed by atoms with Gasteiger partial charge in [-0.15, -0.1) is 0 Å². The van der Waals surface area contributed by atoms with E-state index in [-0.39, 0.29) is 12.2 Å². The van der Waals surface area contributed by atoms with E-state index in [1.54, 1.807) is 37.5 Å². The smallest absolute Gasteiger partial charge is 0.167 e. The molecule has 0 heterocycles. The Hall–Kier alpha value is -2.57. The molecule has 0 aliphatic rings.